The largest absolute Gasteiger partial charge is 0.383 e. The van der Waals surface area contributed by atoms with Crippen molar-refractivity contribution in [3.05, 3.63) is 36.0 Å². The van der Waals surface area contributed by atoms with Gasteiger partial charge >= 0.3 is 0 Å². The van der Waals surface area contributed by atoms with Gasteiger partial charge in [-0.3, -0.25) is 9.88 Å². The van der Waals surface area contributed by atoms with Crippen molar-refractivity contribution in [3.63, 3.8) is 0 Å². The van der Waals surface area contributed by atoms with Crippen molar-refractivity contribution < 1.29 is 0 Å². The molecule has 2 heterocycles. The number of piperidine rings is 1. The summed E-state index contributed by atoms with van der Waals surface area (Å²) in [4.78, 5) is 7.24. The molecule has 0 bridgehead atoms. The van der Waals surface area contributed by atoms with Gasteiger partial charge in [-0.25, -0.2) is 0 Å². The predicted octanol–water partition coefficient (Wildman–Crippen LogP) is 4.22. The standard InChI is InChI=1S/C19H27N3/c1-15-13-18(16-9-5-6-10-17(16)21-15)20-14-19(2,3)22-11-7-4-8-12-22/h5-6,9-10,13H,4,7-8,11-12,14H2,1-3H3,(H,20,21). The number of rotatable bonds is 4. The molecular weight excluding hydrogens is 270 g/mol. The molecule has 3 heteroatoms. The maximum absolute atomic E-state index is 4.62. The number of nitrogens with one attached hydrogen (secondary N) is 1. The minimum atomic E-state index is 0.179. The van der Waals surface area contributed by atoms with E-state index in [-0.39, 0.29) is 5.54 Å². The van der Waals surface area contributed by atoms with Crippen LogP contribution in [0.2, 0.25) is 0 Å². The summed E-state index contributed by atoms with van der Waals surface area (Å²) in [5, 5.41) is 4.90. The highest BCUT2D eigenvalue weighted by Gasteiger charge is 2.27. The third-order valence-electron chi connectivity index (χ3n) is 4.77. The van der Waals surface area contributed by atoms with E-state index >= 15 is 0 Å². The molecule has 1 aliphatic rings. The molecule has 0 unspecified atom stereocenters. The lowest BCUT2D eigenvalue weighted by atomic mass is 9.98. The minimum Gasteiger partial charge on any atom is -0.383 e. The van der Waals surface area contributed by atoms with Crippen LogP contribution in [0, 0.1) is 6.92 Å². The van der Waals surface area contributed by atoms with E-state index in [1.165, 1.54) is 43.4 Å². The molecule has 118 valence electrons. The lowest BCUT2D eigenvalue weighted by Gasteiger charge is -2.41. The number of benzene rings is 1. The number of hydrogen-bond donors (Lipinski definition) is 1. The molecule has 1 N–H and O–H groups in total. The minimum absolute atomic E-state index is 0.179. The van der Waals surface area contributed by atoms with Crippen LogP contribution in [0.15, 0.2) is 30.3 Å². The first-order valence-corrected chi connectivity index (χ1v) is 8.42. The second kappa shape index (κ2) is 6.25. The highest BCUT2D eigenvalue weighted by Crippen LogP contribution is 2.25. The number of aryl methyl sites for hydroxylation is 1. The summed E-state index contributed by atoms with van der Waals surface area (Å²) < 4.78 is 0. The molecule has 1 aliphatic heterocycles. The van der Waals surface area contributed by atoms with Crippen LogP contribution in [0.25, 0.3) is 10.9 Å². The van der Waals surface area contributed by atoms with Gasteiger partial charge in [-0.2, -0.15) is 0 Å². The molecule has 1 saturated heterocycles. The Morgan fingerprint density at radius 3 is 2.64 bits per heavy atom. The van der Waals surface area contributed by atoms with Gasteiger partial charge < -0.3 is 5.32 Å². The van der Waals surface area contributed by atoms with Crippen LogP contribution in [0.3, 0.4) is 0 Å². The average Bonchev–Trinajstić information content (AvgIpc) is 2.53. The Balaban J connectivity index is 1.78. The summed E-state index contributed by atoms with van der Waals surface area (Å²) in [6.07, 6.45) is 4.05. The van der Waals surface area contributed by atoms with Crippen molar-refractivity contribution in [3.8, 4) is 0 Å². The van der Waals surface area contributed by atoms with E-state index in [4.69, 9.17) is 0 Å². The normalized spacial score (nSPS) is 16.9. The van der Waals surface area contributed by atoms with Crippen molar-refractivity contribution >= 4 is 16.6 Å². The fourth-order valence-electron chi connectivity index (χ4n) is 3.38. The van der Waals surface area contributed by atoms with E-state index in [2.05, 4.69) is 66.3 Å². The molecule has 3 nitrogen and oxygen atoms in total. The van der Waals surface area contributed by atoms with Crippen LogP contribution < -0.4 is 5.32 Å². The van der Waals surface area contributed by atoms with Gasteiger partial charge in [0.25, 0.3) is 0 Å². The fourth-order valence-corrected chi connectivity index (χ4v) is 3.38. The number of aromatic nitrogens is 1. The second-order valence-electron chi connectivity index (χ2n) is 7.04. The molecule has 0 saturated carbocycles. The smallest absolute Gasteiger partial charge is 0.0725 e. The van der Waals surface area contributed by atoms with E-state index in [1.54, 1.807) is 0 Å². The number of pyridine rings is 1. The maximum atomic E-state index is 4.62. The van der Waals surface area contributed by atoms with Gasteiger partial charge in [-0.05, 0) is 58.8 Å². The van der Waals surface area contributed by atoms with Gasteiger partial charge in [0, 0.05) is 28.9 Å². The highest BCUT2D eigenvalue weighted by atomic mass is 15.2. The molecule has 0 atom stereocenters. The van der Waals surface area contributed by atoms with Gasteiger partial charge in [-0.1, -0.05) is 24.6 Å². The second-order valence-corrected chi connectivity index (χ2v) is 7.04. The first-order valence-electron chi connectivity index (χ1n) is 8.42. The van der Waals surface area contributed by atoms with Crippen LogP contribution in [0.1, 0.15) is 38.8 Å². The van der Waals surface area contributed by atoms with Gasteiger partial charge in [-0.15, -0.1) is 0 Å². The number of nitrogens with zero attached hydrogens (tertiary/aromatic N) is 2. The highest BCUT2D eigenvalue weighted by molar-refractivity contribution is 5.91. The zero-order valence-corrected chi connectivity index (χ0v) is 14.0. The van der Waals surface area contributed by atoms with Gasteiger partial charge in [0.05, 0.1) is 5.52 Å². The third-order valence-corrected chi connectivity index (χ3v) is 4.77. The van der Waals surface area contributed by atoms with Crippen LogP contribution in [-0.2, 0) is 0 Å². The number of likely N-dealkylation sites (tertiary alicyclic amines) is 1. The Kier molecular flexibility index (Phi) is 4.34. The Morgan fingerprint density at radius 1 is 1.14 bits per heavy atom. The molecule has 1 aromatic heterocycles. The molecule has 22 heavy (non-hydrogen) atoms. The van der Waals surface area contributed by atoms with Crippen molar-refractivity contribution in [1.82, 2.24) is 9.88 Å². The summed E-state index contributed by atoms with van der Waals surface area (Å²) in [5.74, 6) is 0. The van der Waals surface area contributed by atoms with Gasteiger partial charge in [0.1, 0.15) is 0 Å². The Labute approximate surface area is 133 Å². The SMILES string of the molecule is Cc1cc(NCC(C)(C)N2CCCCC2)c2ccccc2n1. The summed E-state index contributed by atoms with van der Waals surface area (Å²) in [5.41, 5.74) is 3.52. The third kappa shape index (κ3) is 3.25. The molecule has 0 amide bonds. The zero-order chi connectivity index (χ0) is 15.6. The summed E-state index contributed by atoms with van der Waals surface area (Å²) >= 11 is 0. The quantitative estimate of drug-likeness (QED) is 0.916. The predicted molar refractivity (Wildman–Crippen MR) is 94.5 cm³/mol. The van der Waals surface area contributed by atoms with Gasteiger partial charge in [0.2, 0.25) is 0 Å². The van der Waals surface area contributed by atoms with E-state index in [0.29, 0.717) is 0 Å². The lowest BCUT2D eigenvalue weighted by molar-refractivity contribution is 0.106. The molecule has 1 aromatic carbocycles. The molecule has 0 aliphatic carbocycles. The monoisotopic (exact) mass is 297 g/mol. The zero-order valence-electron chi connectivity index (χ0n) is 14.0. The van der Waals surface area contributed by atoms with Crippen molar-refractivity contribution in [1.29, 1.82) is 0 Å². The number of anilines is 1. The van der Waals surface area contributed by atoms with Crippen LogP contribution in [0.4, 0.5) is 5.69 Å². The van der Waals surface area contributed by atoms with Crippen molar-refractivity contribution in [2.24, 2.45) is 0 Å². The van der Waals surface area contributed by atoms with Gasteiger partial charge in [0.15, 0.2) is 0 Å². The summed E-state index contributed by atoms with van der Waals surface area (Å²) in [6, 6.07) is 10.5. The average molecular weight is 297 g/mol. The molecule has 2 aromatic rings. The lowest BCUT2D eigenvalue weighted by Crippen LogP contribution is -2.50. The molecule has 0 radical (unpaired) electrons. The Bertz CT molecular complexity index is 642. The summed E-state index contributed by atoms with van der Waals surface area (Å²) in [6.45, 7) is 10.2. The Morgan fingerprint density at radius 2 is 1.86 bits per heavy atom. The summed E-state index contributed by atoms with van der Waals surface area (Å²) in [7, 11) is 0. The van der Waals surface area contributed by atoms with Crippen molar-refractivity contribution in [2.75, 3.05) is 25.0 Å². The maximum Gasteiger partial charge on any atom is 0.0725 e. The number of fused-ring (bicyclic) bond motifs is 1. The molecular formula is C19H27N3. The fraction of sp³-hybridized carbons (Fsp3) is 0.526. The number of para-hydroxylation sites is 1. The van der Waals surface area contributed by atoms with Crippen LogP contribution in [-0.4, -0.2) is 35.1 Å². The Hall–Kier alpha value is -1.61. The number of hydrogen-bond acceptors (Lipinski definition) is 3. The molecule has 1 fully saturated rings. The first kappa shape index (κ1) is 15.3. The first-order chi connectivity index (χ1) is 10.6. The van der Waals surface area contributed by atoms with Crippen LogP contribution >= 0.6 is 0 Å². The van der Waals surface area contributed by atoms with E-state index in [1.807, 2.05) is 0 Å². The van der Waals surface area contributed by atoms with Crippen LogP contribution in [0.5, 0.6) is 0 Å². The molecule has 0 spiro atoms. The van der Waals surface area contributed by atoms with E-state index < -0.39 is 0 Å². The molecule has 3 rings (SSSR count). The topological polar surface area (TPSA) is 28.2 Å². The van der Waals surface area contributed by atoms with E-state index in [9.17, 15) is 0 Å². The van der Waals surface area contributed by atoms with E-state index in [0.717, 1.165) is 17.8 Å². The van der Waals surface area contributed by atoms with Crippen molar-refractivity contribution in [2.45, 2.75) is 45.6 Å².